The van der Waals surface area contributed by atoms with Crippen LogP contribution in [-0.4, -0.2) is 40.2 Å². The van der Waals surface area contributed by atoms with Crippen LogP contribution in [0.5, 0.6) is 5.75 Å². The maximum atomic E-state index is 12.4. The molecule has 0 atom stereocenters. The smallest absolute Gasteiger partial charge is 0.419 e. The van der Waals surface area contributed by atoms with Gasteiger partial charge in [-0.05, 0) is 46.8 Å². The summed E-state index contributed by atoms with van der Waals surface area (Å²) in [5, 5.41) is 11.8. The third-order valence-corrected chi connectivity index (χ3v) is 3.30. The van der Waals surface area contributed by atoms with Gasteiger partial charge in [0.1, 0.15) is 16.9 Å². The highest BCUT2D eigenvalue weighted by molar-refractivity contribution is 5.97. The first-order chi connectivity index (χ1) is 13.4. The lowest BCUT2D eigenvalue weighted by atomic mass is 10.2. The molecule has 158 valence electrons. The Bertz CT molecular complexity index is 924. The molecule has 0 aliphatic rings. The van der Waals surface area contributed by atoms with Crippen molar-refractivity contribution >= 4 is 35.1 Å². The molecule has 0 aliphatic carbocycles. The Morgan fingerprint density at radius 3 is 2.28 bits per heavy atom. The predicted molar refractivity (Wildman–Crippen MR) is 104 cm³/mol. The Kier molecular flexibility index (Phi) is 7.87. The number of nitro benzene ring substituents is 1. The van der Waals surface area contributed by atoms with Gasteiger partial charge in [-0.25, -0.2) is 9.36 Å². The van der Waals surface area contributed by atoms with Crippen molar-refractivity contribution in [1.29, 1.82) is 0 Å². The summed E-state index contributed by atoms with van der Waals surface area (Å²) >= 11 is 0. The summed E-state index contributed by atoms with van der Waals surface area (Å²) in [6, 6.07) is 4.18. The number of hydrogen-bond acceptors (Lipinski definition) is 8. The molecule has 0 unspecified atom stereocenters. The lowest BCUT2D eigenvalue weighted by molar-refractivity contribution is -0.383. The van der Waals surface area contributed by atoms with Crippen molar-refractivity contribution in [3.05, 3.63) is 34.0 Å². The van der Waals surface area contributed by atoms with E-state index in [9.17, 15) is 24.5 Å². The highest BCUT2D eigenvalue weighted by atomic mass is 16.6. The van der Waals surface area contributed by atoms with Gasteiger partial charge in [0.25, 0.3) is 12.2 Å². The van der Waals surface area contributed by atoms with Gasteiger partial charge in [-0.1, -0.05) is 0 Å². The standard InChI is InChI=1S/C16H18N2O6.C3H6O2/c1-9-6-11-7-12(23-10(2)19)8-13(18(21)22)14(11)17(9)15(20)24-16(3,4)5;1-2-5-3-4/h6-8H,1-5H3;3H,2H2,1H3. The van der Waals surface area contributed by atoms with E-state index in [2.05, 4.69) is 4.74 Å². The monoisotopic (exact) mass is 408 g/mol. The van der Waals surface area contributed by atoms with Crippen molar-refractivity contribution in [2.45, 2.75) is 47.1 Å². The third kappa shape index (κ3) is 6.59. The molecule has 29 heavy (non-hydrogen) atoms. The minimum atomic E-state index is -0.743. The van der Waals surface area contributed by atoms with Gasteiger partial charge in [-0.3, -0.25) is 19.7 Å². The van der Waals surface area contributed by atoms with Crippen LogP contribution in [0.4, 0.5) is 10.5 Å². The van der Waals surface area contributed by atoms with E-state index in [4.69, 9.17) is 9.47 Å². The average molecular weight is 408 g/mol. The van der Waals surface area contributed by atoms with Crippen LogP contribution in [0.15, 0.2) is 18.2 Å². The van der Waals surface area contributed by atoms with E-state index in [1.807, 2.05) is 0 Å². The molecule has 10 heteroatoms. The molecule has 0 N–H and O–H groups in total. The zero-order valence-electron chi connectivity index (χ0n) is 17.2. The van der Waals surface area contributed by atoms with E-state index < -0.39 is 22.6 Å². The average Bonchev–Trinajstić information content (AvgIpc) is 2.88. The molecule has 1 aromatic carbocycles. The largest absolute Gasteiger partial charge is 0.468 e. The van der Waals surface area contributed by atoms with Crippen LogP contribution in [0.25, 0.3) is 10.9 Å². The second-order valence-electron chi connectivity index (χ2n) is 6.88. The summed E-state index contributed by atoms with van der Waals surface area (Å²) in [6.45, 7) is 10.6. The highest BCUT2D eigenvalue weighted by Gasteiger charge is 2.26. The van der Waals surface area contributed by atoms with Gasteiger partial charge in [0.15, 0.2) is 0 Å². The SMILES string of the molecule is CC(=O)Oc1cc([N+](=O)[O-])c2c(c1)cc(C)n2C(=O)OC(C)(C)C.CCOC=O. The Morgan fingerprint density at radius 2 is 1.86 bits per heavy atom. The maximum absolute atomic E-state index is 12.4. The molecule has 0 spiro atoms. The molecule has 0 radical (unpaired) electrons. The van der Waals surface area contributed by atoms with Crippen molar-refractivity contribution in [2.24, 2.45) is 0 Å². The molecule has 1 heterocycles. The summed E-state index contributed by atoms with van der Waals surface area (Å²) in [4.78, 5) is 43.5. The first-order valence-electron chi connectivity index (χ1n) is 8.68. The van der Waals surface area contributed by atoms with E-state index in [1.54, 1.807) is 40.7 Å². The highest BCUT2D eigenvalue weighted by Crippen LogP contribution is 2.34. The molecule has 2 rings (SSSR count). The molecule has 0 saturated heterocycles. The Hall–Kier alpha value is -3.43. The minimum absolute atomic E-state index is 0.0445. The number of nitro groups is 1. The zero-order chi connectivity index (χ0) is 22.4. The summed E-state index contributed by atoms with van der Waals surface area (Å²) in [5.74, 6) is -0.546. The molecule has 0 amide bonds. The summed E-state index contributed by atoms with van der Waals surface area (Å²) in [7, 11) is 0. The number of carbonyl (C=O) groups excluding carboxylic acids is 3. The van der Waals surface area contributed by atoms with E-state index >= 15 is 0 Å². The number of esters is 1. The maximum Gasteiger partial charge on any atom is 0.419 e. The van der Waals surface area contributed by atoms with Crippen LogP contribution in [0, 0.1) is 17.0 Å². The van der Waals surface area contributed by atoms with E-state index in [0.29, 0.717) is 24.2 Å². The lowest BCUT2D eigenvalue weighted by Crippen LogP contribution is -2.27. The number of aromatic nitrogens is 1. The van der Waals surface area contributed by atoms with Crippen LogP contribution >= 0.6 is 0 Å². The summed E-state index contributed by atoms with van der Waals surface area (Å²) in [6.07, 6.45) is -0.710. The quantitative estimate of drug-likeness (QED) is 0.246. The van der Waals surface area contributed by atoms with Crippen LogP contribution in [0.2, 0.25) is 0 Å². The number of rotatable bonds is 4. The molecular weight excluding hydrogens is 384 g/mol. The van der Waals surface area contributed by atoms with Crippen molar-refractivity contribution in [2.75, 3.05) is 6.61 Å². The van der Waals surface area contributed by atoms with Gasteiger partial charge >= 0.3 is 12.1 Å². The molecule has 0 saturated carbocycles. The van der Waals surface area contributed by atoms with E-state index in [1.165, 1.54) is 13.0 Å². The number of carbonyl (C=O) groups is 3. The second kappa shape index (κ2) is 9.67. The molecule has 0 aliphatic heterocycles. The van der Waals surface area contributed by atoms with Gasteiger partial charge in [0.2, 0.25) is 0 Å². The van der Waals surface area contributed by atoms with Crippen LogP contribution in [0.1, 0.15) is 40.3 Å². The predicted octanol–water partition coefficient (Wildman–Crippen LogP) is 3.75. The fourth-order valence-corrected chi connectivity index (χ4v) is 2.41. The minimum Gasteiger partial charge on any atom is -0.468 e. The second-order valence-corrected chi connectivity index (χ2v) is 6.88. The summed E-state index contributed by atoms with van der Waals surface area (Å²) in [5.41, 5.74) is -0.514. The van der Waals surface area contributed by atoms with E-state index in [0.717, 1.165) is 10.6 Å². The molecule has 10 nitrogen and oxygen atoms in total. The lowest BCUT2D eigenvalue weighted by Gasteiger charge is -2.20. The topological polar surface area (TPSA) is 127 Å². The van der Waals surface area contributed by atoms with Crippen LogP contribution in [-0.2, 0) is 19.1 Å². The molecule has 2 aromatic rings. The molecule has 1 aromatic heterocycles. The van der Waals surface area contributed by atoms with Crippen molar-refractivity contribution in [3.63, 3.8) is 0 Å². The number of aryl methyl sites for hydroxylation is 1. The first kappa shape index (κ1) is 23.6. The number of ether oxygens (including phenoxy) is 3. The Morgan fingerprint density at radius 1 is 1.24 bits per heavy atom. The zero-order valence-corrected chi connectivity index (χ0v) is 17.2. The van der Waals surface area contributed by atoms with Crippen LogP contribution in [0.3, 0.4) is 0 Å². The first-order valence-corrected chi connectivity index (χ1v) is 8.68. The normalized spacial score (nSPS) is 10.6. The fourth-order valence-electron chi connectivity index (χ4n) is 2.41. The molecular formula is C19H24N2O8. The van der Waals surface area contributed by atoms with Gasteiger partial charge in [-0.2, -0.15) is 0 Å². The third-order valence-electron chi connectivity index (χ3n) is 3.30. The Labute approximate surface area is 167 Å². The van der Waals surface area contributed by atoms with Gasteiger partial charge in [0, 0.05) is 18.0 Å². The molecule has 0 bridgehead atoms. The molecule has 0 fully saturated rings. The van der Waals surface area contributed by atoms with Crippen molar-refractivity contribution < 1.29 is 33.5 Å². The Balaban J connectivity index is 0.000000749. The van der Waals surface area contributed by atoms with E-state index in [-0.39, 0.29) is 17.0 Å². The van der Waals surface area contributed by atoms with Crippen molar-refractivity contribution in [3.8, 4) is 5.75 Å². The van der Waals surface area contributed by atoms with Gasteiger partial charge in [-0.15, -0.1) is 0 Å². The van der Waals surface area contributed by atoms with Gasteiger partial charge in [0.05, 0.1) is 17.6 Å². The number of nitrogens with zero attached hydrogens (tertiary/aromatic N) is 2. The van der Waals surface area contributed by atoms with Crippen LogP contribution < -0.4 is 4.74 Å². The number of benzene rings is 1. The van der Waals surface area contributed by atoms with Crippen molar-refractivity contribution in [1.82, 2.24) is 4.57 Å². The number of hydrogen-bond donors (Lipinski definition) is 0. The number of non-ortho nitro benzene ring substituents is 1. The van der Waals surface area contributed by atoms with Gasteiger partial charge < -0.3 is 14.2 Å². The fraction of sp³-hybridized carbons (Fsp3) is 0.421. The number of fused-ring (bicyclic) bond motifs is 1. The summed E-state index contributed by atoms with van der Waals surface area (Å²) < 4.78 is 15.6.